The van der Waals surface area contributed by atoms with Gasteiger partial charge in [-0.1, -0.05) is 0 Å². The van der Waals surface area contributed by atoms with Crippen LogP contribution in [0.15, 0.2) is 6.20 Å². The van der Waals surface area contributed by atoms with Crippen molar-refractivity contribution in [3.8, 4) is 0 Å². The number of nitrogens with zero attached hydrogens (tertiary/aromatic N) is 4. The molecule has 11 heteroatoms. The Balaban J connectivity index is 1.91. The predicted octanol–water partition coefficient (Wildman–Crippen LogP) is 1.37. The van der Waals surface area contributed by atoms with Gasteiger partial charge in [-0.05, 0) is 19.8 Å². The Kier molecular flexibility index (Phi) is 5.73. The summed E-state index contributed by atoms with van der Waals surface area (Å²) in [7, 11) is 0. The fourth-order valence-corrected chi connectivity index (χ4v) is 3.41. The van der Waals surface area contributed by atoms with Crippen LogP contribution in [0.25, 0.3) is 0 Å². The summed E-state index contributed by atoms with van der Waals surface area (Å²) in [6.45, 7) is 2.57. The molecule has 3 rings (SSSR count). The van der Waals surface area contributed by atoms with E-state index >= 15 is 0 Å². The molecule has 0 aliphatic carbocycles. The summed E-state index contributed by atoms with van der Waals surface area (Å²) in [5.41, 5.74) is -1.14. The number of hydrogen-bond donors (Lipinski definition) is 1. The van der Waals surface area contributed by atoms with Gasteiger partial charge in [-0.2, -0.15) is 18.2 Å². The molecule has 1 aromatic heterocycles. The molecule has 2 fully saturated rings. The number of aliphatic hydroxyl groups excluding tert-OH is 1. The molecule has 3 heterocycles. The van der Waals surface area contributed by atoms with Crippen LogP contribution in [-0.4, -0.2) is 59.3 Å². The Bertz CT molecular complexity index is 758. The van der Waals surface area contributed by atoms with Crippen molar-refractivity contribution in [3.05, 3.63) is 11.8 Å². The molecular formula is C17H21F3N4O4. The molecular weight excluding hydrogens is 381 g/mol. The summed E-state index contributed by atoms with van der Waals surface area (Å²) in [5, 5.41) is 9.61. The molecule has 1 N–H and O–H groups in total. The number of ether oxygens (including phenoxy) is 1. The first-order chi connectivity index (χ1) is 13.2. The van der Waals surface area contributed by atoms with Crippen LogP contribution in [0.5, 0.6) is 0 Å². The Hall–Kier alpha value is -2.43. The number of aliphatic hydroxyl groups is 1. The van der Waals surface area contributed by atoms with Crippen molar-refractivity contribution in [1.29, 1.82) is 0 Å². The third kappa shape index (κ3) is 4.03. The lowest BCUT2D eigenvalue weighted by Crippen LogP contribution is -2.41. The van der Waals surface area contributed by atoms with Crippen LogP contribution >= 0.6 is 0 Å². The van der Waals surface area contributed by atoms with Crippen LogP contribution in [0.3, 0.4) is 0 Å². The number of hydrogen-bond acceptors (Lipinski definition) is 7. The van der Waals surface area contributed by atoms with Gasteiger partial charge in [0.1, 0.15) is 11.7 Å². The second kappa shape index (κ2) is 7.90. The standard InChI is InChI=1S/C17H21F3N4O4/c1-2-28-15(27)10-4-3-6-23(9-10)16-21-8-11(17(18,19)20)13(22-16)24-7-5-12(25)14(24)26/h8,10,12,25H,2-7,9H2,1H3/t10?,12-/m1/s1. The number of alkyl halides is 3. The third-order valence-electron chi connectivity index (χ3n) is 4.82. The molecule has 1 aromatic rings. The molecule has 1 unspecified atom stereocenters. The number of halogens is 3. The Labute approximate surface area is 159 Å². The molecule has 154 valence electrons. The molecule has 28 heavy (non-hydrogen) atoms. The van der Waals surface area contributed by atoms with Gasteiger partial charge in [0.25, 0.3) is 5.91 Å². The van der Waals surface area contributed by atoms with Crippen molar-refractivity contribution in [2.45, 2.75) is 38.5 Å². The summed E-state index contributed by atoms with van der Waals surface area (Å²) < 4.78 is 45.2. The number of carbonyl (C=O) groups is 2. The van der Waals surface area contributed by atoms with E-state index in [0.29, 0.717) is 25.6 Å². The maximum atomic E-state index is 13.4. The molecule has 0 bridgehead atoms. The van der Waals surface area contributed by atoms with E-state index in [1.165, 1.54) is 0 Å². The maximum Gasteiger partial charge on any atom is 0.421 e. The van der Waals surface area contributed by atoms with Crippen molar-refractivity contribution in [2.24, 2.45) is 5.92 Å². The zero-order valence-corrected chi connectivity index (χ0v) is 15.3. The van der Waals surface area contributed by atoms with Crippen LogP contribution in [0.2, 0.25) is 0 Å². The Morgan fingerprint density at radius 2 is 2.11 bits per heavy atom. The SMILES string of the molecule is CCOC(=O)C1CCCN(c2ncc(C(F)(F)F)c(N3CC[C@@H](O)C3=O)n2)C1. The lowest BCUT2D eigenvalue weighted by molar-refractivity contribution is -0.148. The number of rotatable bonds is 4. The van der Waals surface area contributed by atoms with E-state index in [0.717, 1.165) is 4.90 Å². The van der Waals surface area contributed by atoms with Gasteiger partial charge >= 0.3 is 12.1 Å². The zero-order valence-electron chi connectivity index (χ0n) is 15.3. The van der Waals surface area contributed by atoms with E-state index in [2.05, 4.69) is 9.97 Å². The van der Waals surface area contributed by atoms with Crippen LogP contribution in [-0.2, 0) is 20.5 Å². The average molecular weight is 402 g/mol. The number of amides is 1. The minimum absolute atomic E-state index is 0.00573. The van der Waals surface area contributed by atoms with Gasteiger partial charge in [-0.3, -0.25) is 14.5 Å². The van der Waals surface area contributed by atoms with Gasteiger partial charge in [0.15, 0.2) is 5.82 Å². The molecule has 2 saturated heterocycles. The highest BCUT2D eigenvalue weighted by Crippen LogP contribution is 2.37. The molecule has 1 amide bonds. The quantitative estimate of drug-likeness (QED) is 0.760. The number of esters is 1. The molecule has 2 aliphatic heterocycles. The highest BCUT2D eigenvalue weighted by Gasteiger charge is 2.41. The molecule has 8 nitrogen and oxygen atoms in total. The van der Waals surface area contributed by atoms with E-state index in [-0.39, 0.29) is 38.0 Å². The average Bonchev–Trinajstić information content (AvgIpc) is 2.99. The smallest absolute Gasteiger partial charge is 0.421 e. The van der Waals surface area contributed by atoms with Gasteiger partial charge in [-0.15, -0.1) is 0 Å². The number of anilines is 2. The van der Waals surface area contributed by atoms with Crippen molar-refractivity contribution in [2.75, 3.05) is 36.0 Å². The molecule has 0 spiro atoms. The van der Waals surface area contributed by atoms with E-state index in [4.69, 9.17) is 4.74 Å². The van der Waals surface area contributed by atoms with Crippen molar-refractivity contribution in [1.82, 2.24) is 9.97 Å². The van der Waals surface area contributed by atoms with Gasteiger partial charge < -0.3 is 14.7 Å². The third-order valence-corrected chi connectivity index (χ3v) is 4.82. The summed E-state index contributed by atoms with van der Waals surface area (Å²) in [5.74, 6) is -2.17. The summed E-state index contributed by atoms with van der Waals surface area (Å²) in [6, 6.07) is 0. The van der Waals surface area contributed by atoms with E-state index in [1.807, 2.05) is 0 Å². The van der Waals surface area contributed by atoms with Crippen molar-refractivity contribution in [3.63, 3.8) is 0 Å². The highest BCUT2D eigenvalue weighted by molar-refractivity contribution is 5.98. The Morgan fingerprint density at radius 3 is 2.71 bits per heavy atom. The highest BCUT2D eigenvalue weighted by atomic mass is 19.4. The van der Waals surface area contributed by atoms with Crippen molar-refractivity contribution >= 4 is 23.6 Å². The van der Waals surface area contributed by atoms with Crippen LogP contribution in [0.4, 0.5) is 24.9 Å². The lowest BCUT2D eigenvalue weighted by atomic mass is 9.98. The number of carbonyl (C=O) groups excluding carboxylic acids is 2. The zero-order chi connectivity index (χ0) is 20.5. The summed E-state index contributed by atoms with van der Waals surface area (Å²) >= 11 is 0. The van der Waals surface area contributed by atoms with E-state index < -0.39 is 35.5 Å². The normalized spacial score (nSPS) is 23.2. The van der Waals surface area contributed by atoms with Gasteiger partial charge in [0.05, 0.1) is 12.5 Å². The summed E-state index contributed by atoms with van der Waals surface area (Å²) in [6.07, 6.45) is -4.18. The summed E-state index contributed by atoms with van der Waals surface area (Å²) in [4.78, 5) is 34.3. The minimum atomic E-state index is -4.75. The first-order valence-electron chi connectivity index (χ1n) is 9.07. The molecule has 0 radical (unpaired) electrons. The van der Waals surface area contributed by atoms with E-state index in [1.54, 1.807) is 11.8 Å². The molecule has 0 saturated carbocycles. The van der Waals surface area contributed by atoms with Crippen LogP contribution in [0, 0.1) is 5.92 Å². The first kappa shape index (κ1) is 20.3. The molecule has 2 atom stereocenters. The topological polar surface area (TPSA) is 95.9 Å². The second-order valence-corrected chi connectivity index (χ2v) is 6.74. The minimum Gasteiger partial charge on any atom is -0.466 e. The predicted molar refractivity (Wildman–Crippen MR) is 91.6 cm³/mol. The monoisotopic (exact) mass is 402 g/mol. The second-order valence-electron chi connectivity index (χ2n) is 6.74. The number of piperidine rings is 1. The lowest BCUT2D eigenvalue weighted by Gasteiger charge is -2.32. The van der Waals surface area contributed by atoms with Gasteiger partial charge in [-0.25, -0.2) is 4.98 Å². The van der Waals surface area contributed by atoms with Gasteiger partial charge in [0, 0.05) is 32.3 Å². The largest absolute Gasteiger partial charge is 0.466 e. The van der Waals surface area contributed by atoms with Crippen LogP contribution in [0.1, 0.15) is 31.7 Å². The maximum absolute atomic E-state index is 13.4. The van der Waals surface area contributed by atoms with Crippen LogP contribution < -0.4 is 9.80 Å². The van der Waals surface area contributed by atoms with Gasteiger partial charge in [0.2, 0.25) is 5.95 Å². The fourth-order valence-electron chi connectivity index (χ4n) is 3.41. The van der Waals surface area contributed by atoms with E-state index in [9.17, 15) is 27.9 Å². The first-order valence-corrected chi connectivity index (χ1v) is 9.07. The molecule has 0 aromatic carbocycles. The fraction of sp³-hybridized carbons (Fsp3) is 0.647. The van der Waals surface area contributed by atoms with Crippen molar-refractivity contribution < 1.29 is 32.6 Å². The Morgan fingerprint density at radius 1 is 1.36 bits per heavy atom. The molecule has 2 aliphatic rings. The number of aromatic nitrogens is 2.